The predicted octanol–water partition coefficient (Wildman–Crippen LogP) is -0.408. The van der Waals surface area contributed by atoms with Crippen LogP contribution in [0.15, 0.2) is 0 Å². The number of hydrogen-bond donors (Lipinski definition) is 1. The molecule has 112 valence electrons. The van der Waals surface area contributed by atoms with Gasteiger partial charge in [-0.2, -0.15) is 0 Å². The van der Waals surface area contributed by atoms with E-state index in [-0.39, 0.29) is 32.1 Å². The predicted molar refractivity (Wildman–Crippen MR) is 68.8 cm³/mol. The summed E-state index contributed by atoms with van der Waals surface area (Å²) in [4.78, 5) is 49.4. The number of carboxylic acid groups (broad SMARTS) is 1. The van der Waals surface area contributed by atoms with E-state index in [0.29, 0.717) is 0 Å². The molecule has 0 aliphatic carbocycles. The second-order valence-corrected chi connectivity index (χ2v) is 4.94. The zero-order chi connectivity index (χ0) is 15.4. The Kier molecular flexibility index (Phi) is 5.06. The Bertz CT molecular complexity index is 435. The van der Waals surface area contributed by atoms with Gasteiger partial charge >= 0.3 is 12.0 Å². The lowest BCUT2D eigenvalue weighted by atomic mass is 10.2. The molecule has 0 radical (unpaired) electrons. The van der Waals surface area contributed by atoms with Gasteiger partial charge in [0.15, 0.2) is 0 Å². The molecule has 0 bridgehead atoms. The van der Waals surface area contributed by atoms with Crippen molar-refractivity contribution in [2.75, 3.05) is 26.7 Å². The molecule has 1 aliphatic heterocycles. The fourth-order valence-corrected chi connectivity index (χ4v) is 1.94. The Balaban J connectivity index is 2.69. The van der Waals surface area contributed by atoms with Gasteiger partial charge in [0.25, 0.3) is 5.91 Å². The van der Waals surface area contributed by atoms with Gasteiger partial charge in [-0.25, -0.2) is 4.79 Å². The third kappa shape index (κ3) is 3.69. The van der Waals surface area contributed by atoms with Crippen LogP contribution in [0.4, 0.5) is 4.79 Å². The SMILES string of the molecule is CC(C)N(CCC(=O)O)C(=O)CN1C(=O)CN(C)C1=O. The zero-order valence-electron chi connectivity index (χ0n) is 11.8. The van der Waals surface area contributed by atoms with Gasteiger partial charge in [0, 0.05) is 19.6 Å². The first-order valence-corrected chi connectivity index (χ1v) is 6.30. The standard InChI is InChI=1S/C12H19N3O5/c1-8(2)14(5-4-11(18)19)10(17)7-15-9(16)6-13(3)12(15)20/h8H,4-7H2,1-3H3,(H,18,19). The monoisotopic (exact) mass is 285 g/mol. The van der Waals surface area contributed by atoms with Gasteiger partial charge in [-0.1, -0.05) is 0 Å². The maximum atomic E-state index is 12.1. The van der Waals surface area contributed by atoms with E-state index in [1.807, 2.05) is 0 Å². The average molecular weight is 285 g/mol. The smallest absolute Gasteiger partial charge is 0.327 e. The first-order valence-electron chi connectivity index (χ1n) is 6.30. The molecule has 0 atom stereocenters. The summed E-state index contributed by atoms with van der Waals surface area (Å²) < 4.78 is 0. The van der Waals surface area contributed by atoms with E-state index in [1.54, 1.807) is 13.8 Å². The quantitative estimate of drug-likeness (QED) is 0.669. The van der Waals surface area contributed by atoms with E-state index >= 15 is 0 Å². The molecule has 0 aromatic carbocycles. The molecule has 0 aromatic rings. The number of imide groups is 1. The van der Waals surface area contributed by atoms with Gasteiger partial charge in [-0.3, -0.25) is 19.3 Å². The average Bonchev–Trinajstić information content (AvgIpc) is 2.55. The van der Waals surface area contributed by atoms with Crippen LogP contribution in [-0.2, 0) is 14.4 Å². The minimum Gasteiger partial charge on any atom is -0.481 e. The second-order valence-electron chi connectivity index (χ2n) is 4.94. The fraction of sp³-hybridized carbons (Fsp3) is 0.667. The summed E-state index contributed by atoms with van der Waals surface area (Å²) in [7, 11) is 1.48. The first-order chi connectivity index (χ1) is 9.23. The van der Waals surface area contributed by atoms with Crippen LogP contribution in [0.25, 0.3) is 0 Å². The third-order valence-corrected chi connectivity index (χ3v) is 3.03. The lowest BCUT2D eigenvalue weighted by Crippen LogP contribution is -2.46. The first kappa shape index (κ1) is 15.9. The molecule has 4 amide bonds. The molecule has 1 rings (SSSR count). The molecule has 0 spiro atoms. The molecule has 1 fully saturated rings. The van der Waals surface area contributed by atoms with Gasteiger partial charge < -0.3 is 14.9 Å². The third-order valence-electron chi connectivity index (χ3n) is 3.03. The molecule has 0 unspecified atom stereocenters. The maximum Gasteiger partial charge on any atom is 0.327 e. The van der Waals surface area contributed by atoms with Crippen LogP contribution >= 0.6 is 0 Å². The lowest BCUT2D eigenvalue weighted by molar-refractivity contribution is -0.141. The van der Waals surface area contributed by atoms with Crippen LogP contribution in [0.3, 0.4) is 0 Å². The fourth-order valence-electron chi connectivity index (χ4n) is 1.94. The van der Waals surface area contributed by atoms with Crippen LogP contribution in [0.5, 0.6) is 0 Å². The summed E-state index contributed by atoms with van der Waals surface area (Å²) in [5.41, 5.74) is 0. The van der Waals surface area contributed by atoms with Crippen molar-refractivity contribution in [2.45, 2.75) is 26.3 Å². The molecule has 8 nitrogen and oxygen atoms in total. The number of likely N-dealkylation sites (N-methyl/N-ethyl adjacent to an activating group) is 1. The van der Waals surface area contributed by atoms with Crippen LogP contribution in [0, 0.1) is 0 Å². The van der Waals surface area contributed by atoms with E-state index in [2.05, 4.69) is 0 Å². The van der Waals surface area contributed by atoms with Gasteiger partial charge in [0.1, 0.15) is 13.1 Å². The number of amides is 4. The number of hydrogen-bond acceptors (Lipinski definition) is 4. The Labute approximate surface area is 116 Å². The molecule has 0 aromatic heterocycles. The van der Waals surface area contributed by atoms with Crippen molar-refractivity contribution in [2.24, 2.45) is 0 Å². The number of aliphatic carboxylic acids is 1. The summed E-state index contributed by atoms with van der Waals surface area (Å²) in [6.45, 7) is 3.17. The molecule has 1 saturated heterocycles. The van der Waals surface area contributed by atoms with Crippen molar-refractivity contribution in [1.82, 2.24) is 14.7 Å². The van der Waals surface area contributed by atoms with Crippen molar-refractivity contribution >= 4 is 23.8 Å². The number of carboxylic acids is 1. The van der Waals surface area contributed by atoms with Crippen molar-refractivity contribution in [3.05, 3.63) is 0 Å². The summed E-state index contributed by atoms with van der Waals surface area (Å²) in [5.74, 6) is -1.86. The Morgan fingerprint density at radius 3 is 2.35 bits per heavy atom. The van der Waals surface area contributed by atoms with E-state index in [1.165, 1.54) is 16.8 Å². The molecule has 1 N–H and O–H groups in total. The van der Waals surface area contributed by atoms with Crippen molar-refractivity contribution in [1.29, 1.82) is 0 Å². The largest absolute Gasteiger partial charge is 0.481 e. The van der Waals surface area contributed by atoms with E-state index in [4.69, 9.17) is 5.11 Å². The molecule has 20 heavy (non-hydrogen) atoms. The summed E-state index contributed by atoms with van der Waals surface area (Å²) in [6, 6.07) is -0.710. The highest BCUT2D eigenvalue weighted by Gasteiger charge is 2.36. The van der Waals surface area contributed by atoms with Crippen molar-refractivity contribution in [3.8, 4) is 0 Å². The molecular weight excluding hydrogens is 266 g/mol. The maximum absolute atomic E-state index is 12.1. The Morgan fingerprint density at radius 1 is 1.35 bits per heavy atom. The molecular formula is C12H19N3O5. The number of rotatable bonds is 6. The highest BCUT2D eigenvalue weighted by atomic mass is 16.4. The van der Waals surface area contributed by atoms with Gasteiger partial charge in [0.05, 0.1) is 6.42 Å². The summed E-state index contributed by atoms with van der Waals surface area (Å²) in [5, 5.41) is 8.67. The van der Waals surface area contributed by atoms with E-state index < -0.39 is 23.8 Å². The van der Waals surface area contributed by atoms with Gasteiger partial charge in [-0.15, -0.1) is 0 Å². The Hall–Kier alpha value is -2.12. The Morgan fingerprint density at radius 2 is 1.95 bits per heavy atom. The van der Waals surface area contributed by atoms with Gasteiger partial charge in [0.2, 0.25) is 5.91 Å². The van der Waals surface area contributed by atoms with E-state index in [9.17, 15) is 19.2 Å². The van der Waals surface area contributed by atoms with E-state index in [0.717, 1.165) is 4.90 Å². The highest BCUT2D eigenvalue weighted by molar-refractivity contribution is 6.04. The number of carbonyl (C=O) groups excluding carboxylic acids is 3. The normalized spacial score (nSPS) is 15.2. The van der Waals surface area contributed by atoms with Crippen molar-refractivity contribution in [3.63, 3.8) is 0 Å². The number of carbonyl (C=O) groups is 4. The molecule has 8 heteroatoms. The zero-order valence-corrected chi connectivity index (χ0v) is 11.8. The summed E-state index contributed by atoms with van der Waals surface area (Å²) >= 11 is 0. The minimum absolute atomic E-state index is 0.0388. The highest BCUT2D eigenvalue weighted by Crippen LogP contribution is 2.10. The van der Waals surface area contributed by atoms with Crippen molar-refractivity contribution < 1.29 is 24.3 Å². The molecule has 1 aliphatic rings. The lowest BCUT2D eigenvalue weighted by Gasteiger charge is -2.27. The number of urea groups is 1. The molecule has 0 saturated carbocycles. The molecule has 1 heterocycles. The van der Waals surface area contributed by atoms with Crippen LogP contribution < -0.4 is 0 Å². The minimum atomic E-state index is -1.00. The van der Waals surface area contributed by atoms with Crippen LogP contribution in [-0.4, -0.2) is 76.3 Å². The summed E-state index contributed by atoms with van der Waals surface area (Å²) in [6.07, 6.45) is -0.175. The second kappa shape index (κ2) is 6.36. The number of nitrogens with zero attached hydrogens (tertiary/aromatic N) is 3. The topological polar surface area (TPSA) is 98.2 Å². The van der Waals surface area contributed by atoms with Gasteiger partial charge in [-0.05, 0) is 13.8 Å². The van der Waals surface area contributed by atoms with Crippen LogP contribution in [0.1, 0.15) is 20.3 Å². The van der Waals surface area contributed by atoms with Crippen LogP contribution in [0.2, 0.25) is 0 Å².